The quantitative estimate of drug-likeness (QED) is 0.857. The minimum atomic E-state index is -0.0533. The third kappa shape index (κ3) is 4.16. The van der Waals surface area contributed by atoms with Gasteiger partial charge in [0.05, 0.1) is 13.2 Å². The van der Waals surface area contributed by atoms with E-state index >= 15 is 0 Å². The molecular formula is C15H23NO3. The second kappa shape index (κ2) is 7.02. The number of carbonyl (C=O) groups is 1. The molecule has 4 heteroatoms. The molecule has 1 rings (SSSR count). The van der Waals surface area contributed by atoms with Gasteiger partial charge in [0.2, 0.25) is 5.91 Å². The number of anilines is 1. The lowest BCUT2D eigenvalue weighted by molar-refractivity contribution is -0.118. The molecule has 1 N–H and O–H groups in total. The molecule has 0 bridgehead atoms. The number of carbonyl (C=O) groups excluding carboxylic acids is 1. The summed E-state index contributed by atoms with van der Waals surface area (Å²) in [4.78, 5) is 11.7. The molecule has 0 spiro atoms. The van der Waals surface area contributed by atoms with Gasteiger partial charge in [-0.25, -0.2) is 0 Å². The second-order valence-electron chi connectivity index (χ2n) is 4.63. The fourth-order valence-corrected chi connectivity index (χ4v) is 1.69. The summed E-state index contributed by atoms with van der Waals surface area (Å²) < 4.78 is 11.2. The van der Waals surface area contributed by atoms with Crippen molar-refractivity contribution in [2.45, 2.75) is 34.6 Å². The van der Waals surface area contributed by atoms with E-state index in [2.05, 4.69) is 5.32 Å². The van der Waals surface area contributed by atoms with Gasteiger partial charge in [0.1, 0.15) is 0 Å². The first-order valence-electron chi connectivity index (χ1n) is 6.70. The molecule has 19 heavy (non-hydrogen) atoms. The van der Waals surface area contributed by atoms with E-state index in [1.807, 2.05) is 46.8 Å². The largest absolute Gasteiger partial charge is 0.490 e. The summed E-state index contributed by atoms with van der Waals surface area (Å²) in [6.07, 6.45) is 0. The summed E-state index contributed by atoms with van der Waals surface area (Å²) in [6.45, 7) is 10.7. The lowest BCUT2D eigenvalue weighted by Gasteiger charge is -2.16. The smallest absolute Gasteiger partial charge is 0.226 e. The molecule has 0 fully saturated rings. The average Bonchev–Trinajstić information content (AvgIpc) is 2.33. The number of aryl methyl sites for hydroxylation is 1. The third-order valence-corrected chi connectivity index (χ3v) is 2.62. The van der Waals surface area contributed by atoms with Crippen molar-refractivity contribution in [3.8, 4) is 11.5 Å². The van der Waals surface area contributed by atoms with E-state index in [9.17, 15) is 4.79 Å². The Balaban J connectivity index is 3.05. The van der Waals surface area contributed by atoms with Crippen LogP contribution in [0.3, 0.4) is 0 Å². The maximum atomic E-state index is 11.7. The molecule has 106 valence electrons. The number of nitrogens with one attached hydrogen (secondary N) is 1. The Labute approximate surface area is 115 Å². The van der Waals surface area contributed by atoms with Crippen molar-refractivity contribution in [1.82, 2.24) is 0 Å². The average molecular weight is 265 g/mol. The molecule has 1 aromatic rings. The number of rotatable bonds is 6. The monoisotopic (exact) mass is 265 g/mol. The SMILES string of the molecule is CCOc1cc(NC(=O)C(C)C)cc(C)c1OCC. The molecule has 0 saturated heterocycles. The van der Waals surface area contributed by atoms with E-state index in [-0.39, 0.29) is 11.8 Å². The highest BCUT2D eigenvalue weighted by molar-refractivity contribution is 5.92. The van der Waals surface area contributed by atoms with E-state index in [1.165, 1.54) is 0 Å². The fourth-order valence-electron chi connectivity index (χ4n) is 1.69. The molecule has 0 aromatic heterocycles. The standard InChI is InChI=1S/C15H23NO3/c1-6-18-13-9-12(16-15(17)10(3)4)8-11(5)14(13)19-7-2/h8-10H,6-7H2,1-5H3,(H,16,17). The van der Waals surface area contributed by atoms with E-state index in [0.717, 1.165) is 17.0 Å². The molecule has 0 heterocycles. The summed E-state index contributed by atoms with van der Waals surface area (Å²) in [6, 6.07) is 3.70. The van der Waals surface area contributed by atoms with Gasteiger partial charge < -0.3 is 14.8 Å². The van der Waals surface area contributed by atoms with Crippen LogP contribution < -0.4 is 14.8 Å². The summed E-state index contributed by atoms with van der Waals surface area (Å²) in [5.41, 5.74) is 1.69. The Morgan fingerprint density at radius 3 is 2.37 bits per heavy atom. The summed E-state index contributed by atoms with van der Waals surface area (Å²) in [7, 11) is 0. The first kappa shape index (κ1) is 15.3. The number of benzene rings is 1. The third-order valence-electron chi connectivity index (χ3n) is 2.62. The Bertz CT molecular complexity index is 441. The van der Waals surface area contributed by atoms with Gasteiger partial charge in [0.25, 0.3) is 0 Å². The van der Waals surface area contributed by atoms with Crippen molar-refractivity contribution in [3.05, 3.63) is 17.7 Å². The Morgan fingerprint density at radius 2 is 1.84 bits per heavy atom. The van der Waals surface area contributed by atoms with Crippen LogP contribution in [0.25, 0.3) is 0 Å². The maximum absolute atomic E-state index is 11.7. The zero-order valence-electron chi connectivity index (χ0n) is 12.4. The molecule has 4 nitrogen and oxygen atoms in total. The zero-order chi connectivity index (χ0) is 14.4. The minimum Gasteiger partial charge on any atom is -0.490 e. The Hall–Kier alpha value is -1.71. The normalized spacial score (nSPS) is 10.4. The van der Waals surface area contributed by atoms with Gasteiger partial charge >= 0.3 is 0 Å². The predicted octanol–water partition coefficient (Wildman–Crippen LogP) is 3.39. The molecule has 0 aliphatic rings. The van der Waals surface area contributed by atoms with Gasteiger partial charge in [-0.1, -0.05) is 13.8 Å². The van der Waals surface area contributed by atoms with Crippen LogP contribution in [0.15, 0.2) is 12.1 Å². The van der Waals surface area contributed by atoms with Crippen molar-refractivity contribution < 1.29 is 14.3 Å². The van der Waals surface area contributed by atoms with Gasteiger partial charge in [-0.05, 0) is 32.4 Å². The Morgan fingerprint density at radius 1 is 1.21 bits per heavy atom. The first-order valence-corrected chi connectivity index (χ1v) is 6.70. The van der Waals surface area contributed by atoms with Crippen molar-refractivity contribution in [2.75, 3.05) is 18.5 Å². The van der Waals surface area contributed by atoms with Crippen LogP contribution in [0.1, 0.15) is 33.3 Å². The molecule has 0 aliphatic heterocycles. The van der Waals surface area contributed by atoms with E-state index in [0.29, 0.717) is 19.0 Å². The van der Waals surface area contributed by atoms with Gasteiger partial charge in [-0.3, -0.25) is 4.79 Å². The maximum Gasteiger partial charge on any atom is 0.226 e. The number of ether oxygens (including phenoxy) is 2. The highest BCUT2D eigenvalue weighted by Crippen LogP contribution is 2.34. The van der Waals surface area contributed by atoms with Crippen LogP contribution in [0, 0.1) is 12.8 Å². The predicted molar refractivity (Wildman–Crippen MR) is 77.0 cm³/mol. The van der Waals surface area contributed by atoms with Crippen LogP contribution in [-0.2, 0) is 4.79 Å². The minimum absolute atomic E-state index is 0.00833. The number of hydrogen-bond donors (Lipinski definition) is 1. The highest BCUT2D eigenvalue weighted by atomic mass is 16.5. The van der Waals surface area contributed by atoms with E-state index in [4.69, 9.17) is 9.47 Å². The van der Waals surface area contributed by atoms with Gasteiger partial charge in [-0.15, -0.1) is 0 Å². The lowest BCUT2D eigenvalue weighted by atomic mass is 10.1. The summed E-state index contributed by atoms with van der Waals surface area (Å²) >= 11 is 0. The van der Waals surface area contributed by atoms with Gasteiger partial charge in [0.15, 0.2) is 11.5 Å². The number of amides is 1. The van der Waals surface area contributed by atoms with Crippen LogP contribution in [0.4, 0.5) is 5.69 Å². The van der Waals surface area contributed by atoms with E-state index in [1.54, 1.807) is 0 Å². The summed E-state index contributed by atoms with van der Waals surface area (Å²) in [5.74, 6) is 1.35. The number of hydrogen-bond acceptors (Lipinski definition) is 3. The van der Waals surface area contributed by atoms with Crippen molar-refractivity contribution in [1.29, 1.82) is 0 Å². The molecule has 1 aromatic carbocycles. The zero-order valence-corrected chi connectivity index (χ0v) is 12.4. The van der Waals surface area contributed by atoms with Gasteiger partial charge in [-0.2, -0.15) is 0 Å². The van der Waals surface area contributed by atoms with E-state index < -0.39 is 0 Å². The van der Waals surface area contributed by atoms with Crippen LogP contribution in [0.5, 0.6) is 11.5 Å². The van der Waals surface area contributed by atoms with Gasteiger partial charge in [0, 0.05) is 17.7 Å². The summed E-state index contributed by atoms with van der Waals surface area (Å²) in [5, 5.41) is 2.88. The molecular weight excluding hydrogens is 242 g/mol. The fraction of sp³-hybridized carbons (Fsp3) is 0.533. The van der Waals surface area contributed by atoms with Crippen LogP contribution >= 0.6 is 0 Å². The molecule has 0 atom stereocenters. The first-order chi connectivity index (χ1) is 8.99. The molecule has 1 amide bonds. The van der Waals surface area contributed by atoms with Crippen molar-refractivity contribution >= 4 is 11.6 Å². The lowest BCUT2D eigenvalue weighted by Crippen LogP contribution is -2.18. The van der Waals surface area contributed by atoms with Crippen molar-refractivity contribution in [2.24, 2.45) is 5.92 Å². The highest BCUT2D eigenvalue weighted by Gasteiger charge is 2.13. The Kier molecular flexibility index (Phi) is 5.67. The molecule has 0 aliphatic carbocycles. The molecule has 0 radical (unpaired) electrons. The molecule has 0 saturated carbocycles. The topological polar surface area (TPSA) is 47.6 Å². The van der Waals surface area contributed by atoms with Crippen molar-refractivity contribution in [3.63, 3.8) is 0 Å². The molecule has 0 unspecified atom stereocenters. The van der Waals surface area contributed by atoms with Crippen LogP contribution in [0.2, 0.25) is 0 Å². The van der Waals surface area contributed by atoms with Crippen LogP contribution in [-0.4, -0.2) is 19.1 Å². The second-order valence-corrected chi connectivity index (χ2v) is 4.63.